The molecule has 2 rings (SSSR count). The topological polar surface area (TPSA) is 40.5 Å². The maximum Gasteiger partial charge on any atom is 0.248 e. The molecule has 0 bridgehead atoms. The maximum absolute atomic E-state index is 13.1. The molecule has 0 aromatic heterocycles. The van der Waals surface area contributed by atoms with E-state index in [1.54, 1.807) is 19.2 Å². The molecule has 5 heteroatoms. The van der Waals surface area contributed by atoms with Crippen molar-refractivity contribution in [3.8, 4) is 5.75 Å². The minimum atomic E-state index is -2.62. The van der Waals surface area contributed by atoms with Crippen molar-refractivity contribution in [1.29, 1.82) is 0 Å². The molecule has 1 amide bonds. The Balaban J connectivity index is 2.04. The van der Waals surface area contributed by atoms with E-state index in [2.05, 4.69) is 0 Å². The van der Waals surface area contributed by atoms with Crippen LogP contribution in [0.1, 0.15) is 25.7 Å². The fourth-order valence-corrected chi connectivity index (χ4v) is 2.39. The first-order chi connectivity index (χ1) is 8.89. The van der Waals surface area contributed by atoms with Gasteiger partial charge in [0, 0.05) is 37.6 Å². The highest BCUT2D eigenvalue weighted by Crippen LogP contribution is 2.37. The zero-order chi connectivity index (χ0) is 14.0. The lowest BCUT2D eigenvalue weighted by molar-refractivity contribution is -0.126. The predicted molar refractivity (Wildman–Crippen MR) is 68.4 cm³/mol. The molecule has 0 spiro atoms. The Morgan fingerprint density at radius 2 is 2.00 bits per heavy atom. The molecule has 1 aliphatic carbocycles. The maximum atomic E-state index is 13.1. The van der Waals surface area contributed by atoms with Gasteiger partial charge in [0.15, 0.2) is 0 Å². The van der Waals surface area contributed by atoms with Crippen molar-refractivity contribution in [2.75, 3.05) is 11.9 Å². The number of aromatic hydroxyl groups is 1. The van der Waals surface area contributed by atoms with Crippen molar-refractivity contribution >= 4 is 11.6 Å². The number of anilines is 1. The fraction of sp³-hybridized carbons (Fsp3) is 0.500. The second-order valence-electron chi connectivity index (χ2n) is 5.05. The molecular formula is C14H17F2NO2. The molecule has 0 unspecified atom stereocenters. The van der Waals surface area contributed by atoms with E-state index >= 15 is 0 Å². The van der Waals surface area contributed by atoms with Gasteiger partial charge in [0.2, 0.25) is 11.8 Å². The van der Waals surface area contributed by atoms with Crippen molar-refractivity contribution in [1.82, 2.24) is 0 Å². The SMILES string of the molecule is CN(C(=O)C1CCC(F)(F)CC1)c1cccc(O)c1. The summed E-state index contributed by atoms with van der Waals surface area (Å²) in [5.41, 5.74) is 0.572. The normalized spacial score (nSPS) is 19.1. The Labute approximate surface area is 110 Å². The summed E-state index contributed by atoms with van der Waals surface area (Å²) in [6, 6.07) is 6.34. The van der Waals surface area contributed by atoms with E-state index in [-0.39, 0.29) is 43.3 Å². The van der Waals surface area contributed by atoms with Crippen molar-refractivity contribution < 1.29 is 18.7 Å². The Morgan fingerprint density at radius 1 is 1.37 bits per heavy atom. The summed E-state index contributed by atoms with van der Waals surface area (Å²) in [7, 11) is 1.60. The number of phenolic OH excluding ortho intramolecular Hbond substituents is 1. The number of halogens is 2. The molecule has 1 saturated carbocycles. The highest BCUT2D eigenvalue weighted by atomic mass is 19.3. The molecular weight excluding hydrogens is 252 g/mol. The van der Waals surface area contributed by atoms with Crippen LogP contribution < -0.4 is 4.90 Å². The summed E-state index contributed by atoms with van der Waals surface area (Å²) < 4.78 is 26.1. The summed E-state index contributed by atoms with van der Waals surface area (Å²) in [4.78, 5) is 13.6. The molecule has 19 heavy (non-hydrogen) atoms. The average molecular weight is 269 g/mol. The minimum Gasteiger partial charge on any atom is -0.508 e. The van der Waals surface area contributed by atoms with Gasteiger partial charge in [-0.3, -0.25) is 4.79 Å². The third kappa shape index (κ3) is 3.22. The number of benzene rings is 1. The number of carbonyl (C=O) groups is 1. The van der Waals surface area contributed by atoms with Crippen LogP contribution in [0.5, 0.6) is 5.75 Å². The van der Waals surface area contributed by atoms with Crippen LogP contribution in [-0.2, 0) is 4.79 Å². The van der Waals surface area contributed by atoms with Crippen LogP contribution in [0.25, 0.3) is 0 Å². The van der Waals surface area contributed by atoms with Gasteiger partial charge in [0.25, 0.3) is 0 Å². The standard InChI is InChI=1S/C14H17F2NO2/c1-17(11-3-2-4-12(18)9-11)13(19)10-5-7-14(15,16)8-6-10/h2-4,9-10,18H,5-8H2,1H3. The van der Waals surface area contributed by atoms with Crippen LogP contribution in [0.3, 0.4) is 0 Å². The van der Waals surface area contributed by atoms with Crippen molar-refractivity contribution in [3.63, 3.8) is 0 Å². The lowest BCUT2D eigenvalue weighted by atomic mass is 9.86. The van der Waals surface area contributed by atoms with Crippen molar-refractivity contribution in [2.24, 2.45) is 5.92 Å². The number of alkyl halides is 2. The zero-order valence-electron chi connectivity index (χ0n) is 10.8. The van der Waals surface area contributed by atoms with Crippen LogP contribution in [-0.4, -0.2) is 24.0 Å². The molecule has 1 aromatic carbocycles. The van der Waals surface area contributed by atoms with E-state index in [1.165, 1.54) is 17.0 Å². The van der Waals surface area contributed by atoms with Gasteiger partial charge in [-0.2, -0.15) is 0 Å². The van der Waals surface area contributed by atoms with E-state index in [0.717, 1.165) is 0 Å². The molecule has 1 aliphatic rings. The van der Waals surface area contributed by atoms with Gasteiger partial charge in [-0.15, -0.1) is 0 Å². The third-order valence-corrected chi connectivity index (χ3v) is 3.61. The summed E-state index contributed by atoms with van der Waals surface area (Å²) in [5, 5.41) is 9.39. The first-order valence-corrected chi connectivity index (χ1v) is 6.33. The van der Waals surface area contributed by atoms with E-state index in [1.807, 2.05) is 0 Å². The smallest absolute Gasteiger partial charge is 0.248 e. The van der Waals surface area contributed by atoms with Crippen molar-refractivity contribution in [2.45, 2.75) is 31.6 Å². The van der Waals surface area contributed by atoms with Crippen LogP contribution in [0.2, 0.25) is 0 Å². The second-order valence-corrected chi connectivity index (χ2v) is 5.05. The number of nitrogens with zero attached hydrogens (tertiary/aromatic N) is 1. The number of hydrogen-bond donors (Lipinski definition) is 1. The van der Waals surface area contributed by atoms with Gasteiger partial charge < -0.3 is 10.0 Å². The van der Waals surface area contributed by atoms with E-state index in [4.69, 9.17) is 0 Å². The molecule has 0 aliphatic heterocycles. The first-order valence-electron chi connectivity index (χ1n) is 6.33. The third-order valence-electron chi connectivity index (χ3n) is 3.61. The van der Waals surface area contributed by atoms with Crippen LogP contribution in [0.15, 0.2) is 24.3 Å². The molecule has 1 aromatic rings. The van der Waals surface area contributed by atoms with Gasteiger partial charge in [0.05, 0.1) is 0 Å². The van der Waals surface area contributed by atoms with Gasteiger partial charge in [-0.05, 0) is 25.0 Å². The Morgan fingerprint density at radius 3 is 2.58 bits per heavy atom. The molecule has 0 radical (unpaired) electrons. The Kier molecular flexibility index (Phi) is 3.73. The Hall–Kier alpha value is -1.65. The highest BCUT2D eigenvalue weighted by molar-refractivity contribution is 5.94. The predicted octanol–water partition coefficient (Wildman–Crippen LogP) is 3.18. The molecule has 0 saturated heterocycles. The number of hydrogen-bond acceptors (Lipinski definition) is 2. The summed E-state index contributed by atoms with van der Waals surface area (Å²) in [6.07, 6.45) is -0.0153. The molecule has 1 N–H and O–H groups in total. The van der Waals surface area contributed by atoms with Crippen LogP contribution in [0, 0.1) is 5.92 Å². The molecule has 0 heterocycles. The van der Waals surface area contributed by atoms with Crippen LogP contribution in [0.4, 0.5) is 14.5 Å². The van der Waals surface area contributed by atoms with Gasteiger partial charge in [-0.1, -0.05) is 6.07 Å². The summed E-state index contributed by atoms with van der Waals surface area (Å²) >= 11 is 0. The molecule has 0 atom stereocenters. The van der Waals surface area contributed by atoms with E-state index in [0.29, 0.717) is 5.69 Å². The number of amides is 1. The molecule has 104 valence electrons. The number of phenols is 1. The Bertz CT molecular complexity index is 466. The summed E-state index contributed by atoms with van der Waals surface area (Å²) in [5.74, 6) is -3.07. The van der Waals surface area contributed by atoms with Gasteiger partial charge in [-0.25, -0.2) is 8.78 Å². The van der Waals surface area contributed by atoms with Crippen LogP contribution >= 0.6 is 0 Å². The number of rotatable bonds is 2. The lowest BCUT2D eigenvalue weighted by Gasteiger charge is -2.30. The monoisotopic (exact) mass is 269 g/mol. The minimum absolute atomic E-state index is 0.0762. The second kappa shape index (κ2) is 5.15. The number of carbonyl (C=O) groups excluding carboxylic acids is 1. The first kappa shape index (κ1) is 13.8. The highest BCUT2D eigenvalue weighted by Gasteiger charge is 2.38. The largest absolute Gasteiger partial charge is 0.508 e. The molecule has 1 fully saturated rings. The van der Waals surface area contributed by atoms with E-state index in [9.17, 15) is 18.7 Å². The van der Waals surface area contributed by atoms with E-state index < -0.39 is 5.92 Å². The average Bonchev–Trinajstić information content (AvgIpc) is 2.37. The zero-order valence-corrected chi connectivity index (χ0v) is 10.8. The fourth-order valence-electron chi connectivity index (χ4n) is 2.39. The molecule has 3 nitrogen and oxygen atoms in total. The quantitative estimate of drug-likeness (QED) is 0.895. The van der Waals surface area contributed by atoms with Crippen molar-refractivity contribution in [3.05, 3.63) is 24.3 Å². The summed E-state index contributed by atoms with van der Waals surface area (Å²) in [6.45, 7) is 0. The van der Waals surface area contributed by atoms with Gasteiger partial charge in [0.1, 0.15) is 5.75 Å². The van der Waals surface area contributed by atoms with Gasteiger partial charge >= 0.3 is 0 Å². The lowest BCUT2D eigenvalue weighted by Crippen LogP contribution is -2.37.